The number of nitrogens with one attached hydrogen (secondary N) is 1. The number of fused-ring (bicyclic) bond motifs is 2. The number of carbonyl (C=O) groups excluding carboxylic acids is 4. The number of hydrogen-bond acceptors (Lipinski definition) is 6. The van der Waals surface area contributed by atoms with Crippen molar-refractivity contribution in [3.05, 3.63) is 22.7 Å². The maximum absolute atomic E-state index is 13.9. The average molecular weight is 554 g/mol. The van der Waals surface area contributed by atoms with Gasteiger partial charge in [-0.3, -0.25) is 19.2 Å². The minimum Gasteiger partial charge on any atom is -0.490 e. The smallest absolute Gasteiger partial charge is 0.269 e. The van der Waals surface area contributed by atoms with Crippen molar-refractivity contribution in [1.82, 2.24) is 10.2 Å². The van der Waals surface area contributed by atoms with E-state index in [4.69, 9.17) is 16.3 Å². The minimum atomic E-state index is -0.704. The molecule has 4 fully saturated rings. The second kappa shape index (κ2) is 10.7. The van der Waals surface area contributed by atoms with E-state index in [-0.39, 0.29) is 53.7 Å². The number of ketones is 2. The van der Waals surface area contributed by atoms with Crippen LogP contribution in [0.3, 0.4) is 0 Å². The Hall–Kier alpha value is -2.74. The molecule has 8 nitrogen and oxygen atoms in total. The highest BCUT2D eigenvalue weighted by molar-refractivity contribution is 6.41. The molecule has 9 heteroatoms. The normalized spacial score (nSPS) is 28.2. The van der Waals surface area contributed by atoms with E-state index in [1.807, 2.05) is 0 Å². The van der Waals surface area contributed by atoms with Crippen molar-refractivity contribution in [3.63, 3.8) is 0 Å². The molecule has 3 saturated carbocycles. The fourth-order valence-electron chi connectivity index (χ4n) is 7.03. The molecule has 0 radical (unpaired) electrons. The summed E-state index contributed by atoms with van der Waals surface area (Å²) in [7, 11) is 0. The van der Waals surface area contributed by atoms with E-state index in [0.29, 0.717) is 48.0 Å². The van der Waals surface area contributed by atoms with Crippen LogP contribution in [0.2, 0.25) is 5.02 Å². The molecule has 2 amide bonds. The molecule has 208 valence electrons. The summed E-state index contributed by atoms with van der Waals surface area (Å²) >= 11 is 6.33. The number of hydrogen-bond donors (Lipinski definition) is 1. The second-order valence-corrected chi connectivity index (χ2v) is 12.3. The van der Waals surface area contributed by atoms with Gasteiger partial charge in [0, 0.05) is 42.3 Å². The van der Waals surface area contributed by atoms with Crippen molar-refractivity contribution in [2.24, 2.45) is 22.7 Å². The van der Waals surface area contributed by atoms with Gasteiger partial charge in [-0.05, 0) is 68.9 Å². The third-order valence-electron chi connectivity index (χ3n) is 9.24. The van der Waals surface area contributed by atoms with Crippen LogP contribution in [0.4, 0.5) is 5.69 Å². The van der Waals surface area contributed by atoms with Gasteiger partial charge in [0.25, 0.3) is 5.91 Å². The van der Waals surface area contributed by atoms with E-state index in [1.165, 1.54) is 0 Å². The van der Waals surface area contributed by atoms with E-state index >= 15 is 0 Å². The summed E-state index contributed by atoms with van der Waals surface area (Å²) in [6.07, 6.45) is 8.22. The van der Waals surface area contributed by atoms with E-state index in [0.717, 1.165) is 50.5 Å². The molecule has 1 saturated heterocycles. The van der Waals surface area contributed by atoms with Gasteiger partial charge in [0.2, 0.25) is 5.91 Å². The first-order valence-electron chi connectivity index (χ1n) is 14.6. The molecule has 39 heavy (non-hydrogen) atoms. The fraction of sp³-hybridized carbons (Fsp3) is 0.633. The van der Waals surface area contributed by atoms with Crippen LogP contribution >= 0.6 is 11.6 Å². The van der Waals surface area contributed by atoms with Crippen molar-refractivity contribution >= 4 is 46.4 Å². The van der Waals surface area contributed by atoms with E-state index in [1.54, 1.807) is 24.0 Å². The lowest BCUT2D eigenvalue weighted by molar-refractivity contribution is -0.137. The monoisotopic (exact) mass is 553 g/mol. The number of rotatable bonds is 9. The SMILES string of the molecule is CCC(=O)[C@H](C[C@@H]1CCCC1=O)NC(=O)[C@@H]1[C@H]2CCC[C@H]2CN1C(=O)C1=Nc2cc(Cl)cc(OC3CC3)c2C1. The Labute approximate surface area is 233 Å². The number of nitrogens with zero attached hydrogens (tertiary/aromatic N) is 2. The molecule has 1 aromatic rings. The predicted molar refractivity (Wildman–Crippen MR) is 146 cm³/mol. The quantitative estimate of drug-likeness (QED) is 0.489. The third kappa shape index (κ3) is 5.24. The van der Waals surface area contributed by atoms with Crippen molar-refractivity contribution in [2.75, 3.05) is 6.54 Å². The lowest BCUT2D eigenvalue weighted by atomic mass is 9.91. The van der Waals surface area contributed by atoms with Crippen LogP contribution in [-0.2, 0) is 25.6 Å². The molecule has 2 heterocycles. The van der Waals surface area contributed by atoms with Crippen molar-refractivity contribution in [3.8, 4) is 5.75 Å². The zero-order valence-electron chi connectivity index (χ0n) is 22.4. The molecule has 6 rings (SSSR count). The van der Waals surface area contributed by atoms with Gasteiger partial charge < -0.3 is 15.0 Å². The molecule has 2 aliphatic heterocycles. The van der Waals surface area contributed by atoms with Crippen LogP contribution in [0.15, 0.2) is 17.1 Å². The minimum absolute atomic E-state index is 0.0621. The molecule has 5 atom stereocenters. The summed E-state index contributed by atoms with van der Waals surface area (Å²) in [6, 6.07) is 2.20. The molecule has 0 spiro atoms. The van der Waals surface area contributed by atoms with Gasteiger partial charge in [0.1, 0.15) is 23.3 Å². The van der Waals surface area contributed by atoms with Gasteiger partial charge in [-0.2, -0.15) is 0 Å². The number of likely N-dealkylation sites (tertiary alicyclic amines) is 1. The predicted octanol–water partition coefficient (Wildman–Crippen LogP) is 4.36. The highest BCUT2D eigenvalue weighted by Gasteiger charge is 2.51. The Morgan fingerprint density at radius 1 is 1.15 bits per heavy atom. The molecule has 0 aromatic heterocycles. The first-order chi connectivity index (χ1) is 18.8. The molecule has 3 aliphatic carbocycles. The number of aliphatic imine (C=N–C) groups is 1. The summed E-state index contributed by atoms with van der Waals surface area (Å²) < 4.78 is 6.06. The lowest BCUT2D eigenvalue weighted by Gasteiger charge is -2.29. The van der Waals surface area contributed by atoms with Gasteiger partial charge in [0.05, 0.1) is 17.8 Å². The largest absolute Gasteiger partial charge is 0.490 e. The highest BCUT2D eigenvalue weighted by Crippen LogP contribution is 2.44. The van der Waals surface area contributed by atoms with E-state index in [2.05, 4.69) is 10.3 Å². The topological polar surface area (TPSA) is 105 Å². The highest BCUT2D eigenvalue weighted by atomic mass is 35.5. The fourth-order valence-corrected chi connectivity index (χ4v) is 7.24. The molecule has 5 aliphatic rings. The Morgan fingerprint density at radius 3 is 2.69 bits per heavy atom. The summed E-state index contributed by atoms with van der Waals surface area (Å²) in [5, 5.41) is 3.51. The number of amides is 2. The number of ether oxygens (including phenoxy) is 1. The maximum atomic E-state index is 13.9. The molecule has 0 bridgehead atoms. The lowest BCUT2D eigenvalue weighted by Crippen LogP contribution is -2.54. The van der Waals surface area contributed by atoms with Gasteiger partial charge >= 0.3 is 0 Å². The summed E-state index contributed by atoms with van der Waals surface area (Å²) in [4.78, 5) is 59.2. The number of halogens is 1. The van der Waals surface area contributed by atoms with Crippen LogP contribution in [0.1, 0.15) is 76.7 Å². The van der Waals surface area contributed by atoms with E-state index < -0.39 is 12.1 Å². The average Bonchev–Trinajstić information content (AvgIpc) is 3.25. The van der Waals surface area contributed by atoms with E-state index in [9.17, 15) is 19.2 Å². The Kier molecular flexibility index (Phi) is 7.25. The zero-order chi connectivity index (χ0) is 27.3. The van der Waals surface area contributed by atoms with Gasteiger partial charge in [-0.25, -0.2) is 4.99 Å². The molecule has 1 aromatic carbocycles. The summed E-state index contributed by atoms with van der Waals surface area (Å²) in [6.45, 7) is 2.29. The van der Waals surface area contributed by atoms with Crippen LogP contribution < -0.4 is 10.1 Å². The van der Waals surface area contributed by atoms with Crippen molar-refractivity contribution in [2.45, 2.75) is 95.7 Å². The van der Waals surface area contributed by atoms with Gasteiger partial charge in [-0.15, -0.1) is 0 Å². The van der Waals surface area contributed by atoms with Crippen LogP contribution in [0.5, 0.6) is 5.75 Å². The van der Waals surface area contributed by atoms with Crippen LogP contribution in [0.25, 0.3) is 0 Å². The zero-order valence-corrected chi connectivity index (χ0v) is 23.2. The van der Waals surface area contributed by atoms with Gasteiger partial charge in [-0.1, -0.05) is 24.9 Å². The maximum Gasteiger partial charge on any atom is 0.269 e. The first-order valence-corrected chi connectivity index (χ1v) is 14.9. The second-order valence-electron chi connectivity index (χ2n) is 11.9. The summed E-state index contributed by atoms with van der Waals surface area (Å²) in [5.74, 6) is 0.401. The first kappa shape index (κ1) is 26.5. The molecule has 1 N–H and O–H groups in total. The number of carbonyl (C=O) groups is 4. The number of benzene rings is 1. The Bertz CT molecular complexity index is 1240. The molecule has 0 unspecified atom stereocenters. The van der Waals surface area contributed by atoms with Crippen LogP contribution in [0, 0.1) is 17.8 Å². The summed E-state index contributed by atoms with van der Waals surface area (Å²) in [5.41, 5.74) is 1.91. The Morgan fingerprint density at radius 2 is 1.97 bits per heavy atom. The molecular weight excluding hydrogens is 518 g/mol. The molecular formula is C30H36ClN3O5. The number of Topliss-reactive ketones (excluding diaryl/α,β-unsaturated/α-hetero) is 2. The van der Waals surface area contributed by atoms with Crippen molar-refractivity contribution in [1.29, 1.82) is 0 Å². The Balaban J connectivity index is 1.21. The van der Waals surface area contributed by atoms with Crippen LogP contribution in [-0.4, -0.2) is 58.7 Å². The standard InChI is InChI=1S/C30H36ClN3O5/c1-2-25(35)23(11-16-5-4-8-26(16)36)33-29(37)28-20-7-3-6-17(20)15-34(28)30(38)24-14-21-22(32-24)12-18(31)13-27(21)39-19-9-10-19/h12-13,16-17,19-20,23,28H,2-11,14-15H2,1H3,(H,33,37)/t16-,17-,20-,23-,28-/m0/s1. The van der Waals surface area contributed by atoms with Gasteiger partial charge in [0.15, 0.2) is 5.78 Å². The third-order valence-corrected chi connectivity index (χ3v) is 9.46. The van der Waals surface area contributed by atoms with Crippen molar-refractivity contribution < 1.29 is 23.9 Å².